The van der Waals surface area contributed by atoms with E-state index in [0.29, 0.717) is 16.4 Å². The molecule has 3 N–H and O–H groups in total. The van der Waals surface area contributed by atoms with Crippen LogP contribution in [0.1, 0.15) is 17.3 Å². The van der Waals surface area contributed by atoms with Gasteiger partial charge in [-0.15, -0.1) is 11.3 Å². The number of nitrogens with one attached hydrogen (secondary N) is 1. The average molecular weight is 451 g/mol. The summed E-state index contributed by atoms with van der Waals surface area (Å²) in [6.07, 6.45) is 1.25. The lowest BCUT2D eigenvalue weighted by atomic mass is 10.2. The summed E-state index contributed by atoms with van der Waals surface area (Å²) < 4.78 is 31.2. The van der Waals surface area contributed by atoms with Crippen LogP contribution in [0.25, 0.3) is 11.3 Å². The summed E-state index contributed by atoms with van der Waals surface area (Å²) >= 11 is 2.17. The Hall–Kier alpha value is -3.12. The number of hydrogen-bond donors (Lipinski definition) is 2. The molecule has 2 aromatic heterocycles. The second-order valence-corrected chi connectivity index (χ2v) is 7.48. The number of benzene rings is 1. The number of rotatable bonds is 7. The lowest BCUT2D eigenvalue weighted by Crippen LogP contribution is -2.15. The van der Waals surface area contributed by atoms with Crippen LogP contribution in [0.4, 0.5) is 19.7 Å². The molecule has 0 aliphatic heterocycles. The van der Waals surface area contributed by atoms with Crippen molar-refractivity contribution in [3.63, 3.8) is 0 Å². The molecule has 1 amide bonds. The molecule has 0 aliphatic carbocycles. The van der Waals surface area contributed by atoms with Gasteiger partial charge in [0.15, 0.2) is 21.9 Å². The van der Waals surface area contributed by atoms with E-state index in [-0.39, 0.29) is 34.8 Å². The Kier molecular flexibility index (Phi) is 6.90. The average Bonchev–Trinajstić information content (AvgIpc) is 3.17. The van der Waals surface area contributed by atoms with Gasteiger partial charge in [0.05, 0.1) is 18.1 Å². The van der Waals surface area contributed by atoms with E-state index in [2.05, 4.69) is 20.3 Å². The summed E-state index contributed by atoms with van der Waals surface area (Å²) in [5.74, 6) is -2.98. The highest BCUT2D eigenvalue weighted by Gasteiger charge is 2.15. The molecule has 0 atom stereocenters. The van der Waals surface area contributed by atoms with E-state index in [9.17, 15) is 18.4 Å². The first-order chi connectivity index (χ1) is 14.4. The van der Waals surface area contributed by atoms with Gasteiger partial charge >= 0.3 is 5.97 Å². The van der Waals surface area contributed by atoms with Gasteiger partial charge in [0.2, 0.25) is 5.91 Å². The zero-order valence-corrected chi connectivity index (χ0v) is 17.2. The second-order valence-electron chi connectivity index (χ2n) is 5.68. The van der Waals surface area contributed by atoms with E-state index in [0.717, 1.165) is 35.2 Å². The highest BCUT2D eigenvalue weighted by molar-refractivity contribution is 7.99. The number of ether oxygens (including phenoxy) is 1. The number of aromatic nitrogens is 3. The Labute approximate surface area is 177 Å². The monoisotopic (exact) mass is 451 g/mol. The Morgan fingerprint density at radius 2 is 2.07 bits per heavy atom. The number of carbonyl (C=O) groups excluding carboxylic acids is 2. The first-order valence-electron chi connectivity index (χ1n) is 8.50. The van der Waals surface area contributed by atoms with Crippen LogP contribution in [0.15, 0.2) is 34.9 Å². The number of hydrogen-bond acceptors (Lipinski definition) is 9. The lowest BCUT2D eigenvalue weighted by Gasteiger charge is -2.06. The minimum atomic E-state index is -0.976. The molecule has 0 bridgehead atoms. The van der Waals surface area contributed by atoms with E-state index < -0.39 is 17.6 Å². The van der Waals surface area contributed by atoms with Crippen LogP contribution in [0.5, 0.6) is 0 Å². The zero-order chi connectivity index (χ0) is 21.7. The van der Waals surface area contributed by atoms with Crippen LogP contribution in [-0.4, -0.2) is 39.2 Å². The van der Waals surface area contributed by atoms with Crippen LogP contribution in [0.2, 0.25) is 0 Å². The molecule has 156 valence electrons. The van der Waals surface area contributed by atoms with Gasteiger partial charge in [-0.05, 0) is 25.1 Å². The normalized spacial score (nSPS) is 10.6. The van der Waals surface area contributed by atoms with Gasteiger partial charge < -0.3 is 15.8 Å². The van der Waals surface area contributed by atoms with Crippen molar-refractivity contribution in [1.82, 2.24) is 15.0 Å². The smallest absolute Gasteiger partial charge is 0.343 e. The molecule has 0 spiro atoms. The van der Waals surface area contributed by atoms with Crippen LogP contribution in [-0.2, 0) is 9.53 Å². The van der Waals surface area contributed by atoms with Crippen molar-refractivity contribution < 1.29 is 23.1 Å². The largest absolute Gasteiger partial charge is 0.462 e. The van der Waals surface area contributed by atoms with Gasteiger partial charge in [-0.3, -0.25) is 4.79 Å². The third-order valence-electron chi connectivity index (χ3n) is 3.59. The summed E-state index contributed by atoms with van der Waals surface area (Å²) in [5, 5.41) is 4.75. The predicted octanol–water partition coefficient (Wildman–Crippen LogP) is 3.37. The van der Waals surface area contributed by atoms with Gasteiger partial charge in [0.25, 0.3) is 0 Å². The first kappa shape index (κ1) is 21.6. The number of thioether (sulfide) groups is 1. The van der Waals surface area contributed by atoms with Crippen molar-refractivity contribution in [2.75, 3.05) is 23.4 Å². The minimum absolute atomic E-state index is 0.0295. The van der Waals surface area contributed by atoms with Crippen molar-refractivity contribution in [3.05, 3.63) is 47.0 Å². The number of amides is 1. The number of nitrogens with two attached hydrogens (primary N) is 1. The van der Waals surface area contributed by atoms with Crippen LogP contribution >= 0.6 is 23.1 Å². The van der Waals surface area contributed by atoms with E-state index >= 15 is 0 Å². The van der Waals surface area contributed by atoms with E-state index in [1.165, 1.54) is 12.3 Å². The van der Waals surface area contributed by atoms with Gasteiger partial charge in [-0.25, -0.2) is 28.5 Å². The van der Waals surface area contributed by atoms with Crippen LogP contribution in [0, 0.1) is 11.6 Å². The van der Waals surface area contributed by atoms with Gasteiger partial charge in [-0.2, -0.15) is 0 Å². The third-order valence-corrected chi connectivity index (χ3v) is 5.21. The molecule has 8 nitrogen and oxygen atoms in total. The molecule has 1 aromatic carbocycles. The fourth-order valence-electron chi connectivity index (χ4n) is 2.22. The quantitative estimate of drug-likeness (QED) is 0.319. The summed E-state index contributed by atoms with van der Waals surface area (Å²) in [6, 6.07) is 3.45. The molecule has 0 saturated heterocycles. The molecule has 0 saturated carbocycles. The molecule has 30 heavy (non-hydrogen) atoms. The number of carbonyl (C=O) groups is 2. The van der Waals surface area contributed by atoms with Crippen molar-refractivity contribution in [3.8, 4) is 11.3 Å². The molecule has 0 aliphatic rings. The molecule has 0 unspecified atom stereocenters. The maximum atomic E-state index is 13.4. The number of halogens is 2. The summed E-state index contributed by atoms with van der Waals surface area (Å²) in [4.78, 5) is 36.0. The van der Waals surface area contributed by atoms with E-state index in [1.807, 2.05) is 0 Å². The Bertz CT molecular complexity index is 1090. The summed E-state index contributed by atoms with van der Waals surface area (Å²) in [5.41, 5.74) is 6.59. The number of nitrogen functional groups attached to an aromatic ring is 1. The predicted molar refractivity (Wildman–Crippen MR) is 109 cm³/mol. The van der Waals surface area contributed by atoms with Crippen molar-refractivity contribution in [2.45, 2.75) is 12.1 Å². The molecule has 0 fully saturated rings. The standard InChI is InChI=1S/C18H15F2N5O3S2/c1-2-28-16(27)10-6-22-17(25-15(10)21)30-8-14(26)24-18-23-13(7-29-18)9-3-4-11(19)12(20)5-9/h3-7H,2,8H2,1H3,(H2,21,22,25)(H,23,24,26). The van der Waals surface area contributed by atoms with Crippen LogP contribution in [0.3, 0.4) is 0 Å². The Morgan fingerprint density at radius 3 is 2.77 bits per heavy atom. The highest BCUT2D eigenvalue weighted by Crippen LogP contribution is 2.26. The topological polar surface area (TPSA) is 120 Å². The van der Waals surface area contributed by atoms with Gasteiger partial charge in [0, 0.05) is 17.1 Å². The maximum Gasteiger partial charge on any atom is 0.343 e. The summed E-state index contributed by atoms with van der Waals surface area (Å²) in [7, 11) is 0. The lowest BCUT2D eigenvalue weighted by molar-refractivity contribution is -0.113. The molecule has 3 rings (SSSR count). The van der Waals surface area contributed by atoms with Gasteiger partial charge in [-0.1, -0.05) is 11.8 Å². The minimum Gasteiger partial charge on any atom is -0.462 e. The third kappa shape index (κ3) is 5.27. The maximum absolute atomic E-state index is 13.4. The van der Waals surface area contributed by atoms with Crippen molar-refractivity contribution in [1.29, 1.82) is 0 Å². The zero-order valence-electron chi connectivity index (χ0n) is 15.5. The van der Waals surface area contributed by atoms with E-state index in [1.54, 1.807) is 12.3 Å². The molecule has 12 heteroatoms. The fourth-order valence-corrected chi connectivity index (χ4v) is 3.58. The molecular formula is C18H15F2N5O3S2. The van der Waals surface area contributed by atoms with Crippen molar-refractivity contribution in [2.24, 2.45) is 0 Å². The van der Waals surface area contributed by atoms with Gasteiger partial charge in [0.1, 0.15) is 11.4 Å². The fraction of sp³-hybridized carbons (Fsp3) is 0.167. The first-order valence-corrected chi connectivity index (χ1v) is 10.4. The number of anilines is 2. The molecule has 2 heterocycles. The van der Waals surface area contributed by atoms with E-state index in [4.69, 9.17) is 10.5 Å². The molecular weight excluding hydrogens is 436 g/mol. The highest BCUT2D eigenvalue weighted by atomic mass is 32.2. The Morgan fingerprint density at radius 1 is 1.27 bits per heavy atom. The molecule has 0 radical (unpaired) electrons. The number of esters is 1. The SMILES string of the molecule is CCOC(=O)c1cnc(SCC(=O)Nc2nc(-c3ccc(F)c(F)c3)cs2)nc1N. The van der Waals surface area contributed by atoms with Crippen LogP contribution < -0.4 is 11.1 Å². The van der Waals surface area contributed by atoms with Crippen molar-refractivity contribution >= 4 is 45.9 Å². The molecule has 3 aromatic rings. The number of nitrogens with zero attached hydrogens (tertiary/aromatic N) is 3. The Balaban J connectivity index is 1.57. The summed E-state index contributed by atoms with van der Waals surface area (Å²) in [6.45, 7) is 1.87. The second kappa shape index (κ2) is 9.59. The number of thiazole rings is 1.